The number of aromatic nitrogens is 1. The molecule has 3 rings (SSSR count). The van der Waals surface area contributed by atoms with Gasteiger partial charge in [-0.05, 0) is 30.7 Å². The highest BCUT2D eigenvalue weighted by Gasteiger charge is 2.13. The second-order valence-electron chi connectivity index (χ2n) is 4.88. The number of rotatable bonds is 1. The lowest BCUT2D eigenvalue weighted by molar-refractivity contribution is 0.0994. The number of halogens is 2. The van der Waals surface area contributed by atoms with Crippen molar-refractivity contribution in [2.45, 2.75) is 6.92 Å². The maximum atomic E-state index is 13.7. The molecule has 1 aromatic heterocycles. The van der Waals surface area contributed by atoms with Crippen LogP contribution in [0.1, 0.15) is 15.9 Å². The summed E-state index contributed by atoms with van der Waals surface area (Å²) in [7, 11) is 1.82. The van der Waals surface area contributed by atoms with Crippen molar-refractivity contribution in [3.8, 4) is 0 Å². The molecule has 0 spiro atoms. The fraction of sp³-hybridized carbons (Fsp3) is 0.125. The van der Waals surface area contributed by atoms with Crippen molar-refractivity contribution in [2.75, 3.05) is 0 Å². The molecular formula is C16H12ClFN2OS. The van der Waals surface area contributed by atoms with Crippen molar-refractivity contribution in [1.29, 1.82) is 0 Å². The minimum atomic E-state index is -0.603. The predicted octanol–water partition coefficient (Wildman–Crippen LogP) is 4.08. The van der Waals surface area contributed by atoms with Crippen molar-refractivity contribution < 1.29 is 9.18 Å². The van der Waals surface area contributed by atoms with Crippen molar-refractivity contribution in [2.24, 2.45) is 12.0 Å². The third-order valence-corrected chi connectivity index (χ3v) is 4.99. The highest BCUT2D eigenvalue weighted by atomic mass is 35.5. The quantitative estimate of drug-likeness (QED) is 0.660. The number of fused-ring (bicyclic) bond motifs is 1. The van der Waals surface area contributed by atoms with E-state index in [0.29, 0.717) is 9.82 Å². The van der Waals surface area contributed by atoms with E-state index >= 15 is 0 Å². The summed E-state index contributed by atoms with van der Waals surface area (Å²) in [6, 6.07) is 9.55. The van der Waals surface area contributed by atoms with Gasteiger partial charge in [0.1, 0.15) is 5.82 Å². The van der Waals surface area contributed by atoms with E-state index in [2.05, 4.69) is 4.99 Å². The first-order valence-electron chi connectivity index (χ1n) is 6.57. The van der Waals surface area contributed by atoms with Crippen LogP contribution in [0.5, 0.6) is 0 Å². The van der Waals surface area contributed by atoms with E-state index in [4.69, 9.17) is 11.6 Å². The lowest BCUT2D eigenvalue weighted by Crippen LogP contribution is -2.14. The smallest absolute Gasteiger partial charge is 0.282 e. The fourth-order valence-corrected chi connectivity index (χ4v) is 3.66. The molecule has 22 heavy (non-hydrogen) atoms. The van der Waals surface area contributed by atoms with Gasteiger partial charge in [0.05, 0.1) is 20.8 Å². The molecule has 0 unspecified atom stereocenters. The van der Waals surface area contributed by atoms with E-state index in [0.717, 1.165) is 15.8 Å². The summed E-state index contributed by atoms with van der Waals surface area (Å²) >= 11 is 7.52. The molecule has 1 heterocycles. The molecule has 0 aliphatic rings. The number of carbonyl (C=O) groups excluding carboxylic acids is 1. The summed E-state index contributed by atoms with van der Waals surface area (Å²) in [6.45, 7) is 1.97. The Labute approximate surface area is 135 Å². The molecule has 0 N–H and O–H groups in total. The summed E-state index contributed by atoms with van der Waals surface area (Å²) in [5.74, 6) is -1.18. The Morgan fingerprint density at radius 1 is 1.27 bits per heavy atom. The Kier molecular flexibility index (Phi) is 3.85. The Hall–Kier alpha value is -1.98. The molecule has 0 atom stereocenters. The van der Waals surface area contributed by atoms with Crippen molar-refractivity contribution >= 4 is 39.1 Å². The topological polar surface area (TPSA) is 34.4 Å². The van der Waals surface area contributed by atoms with Crippen LogP contribution in [0.25, 0.3) is 10.2 Å². The van der Waals surface area contributed by atoms with Crippen LogP contribution in [0.2, 0.25) is 5.02 Å². The molecule has 0 saturated heterocycles. The zero-order valence-electron chi connectivity index (χ0n) is 11.9. The highest BCUT2D eigenvalue weighted by Crippen LogP contribution is 2.28. The van der Waals surface area contributed by atoms with Crippen LogP contribution in [0.15, 0.2) is 41.4 Å². The Bertz CT molecular complexity index is 958. The Morgan fingerprint density at radius 3 is 2.68 bits per heavy atom. The van der Waals surface area contributed by atoms with Crippen LogP contribution < -0.4 is 4.80 Å². The maximum Gasteiger partial charge on any atom is 0.282 e. The van der Waals surface area contributed by atoms with Gasteiger partial charge in [-0.3, -0.25) is 4.79 Å². The lowest BCUT2D eigenvalue weighted by atomic mass is 10.2. The largest absolute Gasteiger partial charge is 0.319 e. The molecule has 0 saturated carbocycles. The summed E-state index contributed by atoms with van der Waals surface area (Å²) in [5.41, 5.74) is 1.93. The molecule has 1 amide bonds. The number of benzene rings is 2. The van der Waals surface area contributed by atoms with Crippen LogP contribution in [-0.2, 0) is 7.05 Å². The van der Waals surface area contributed by atoms with Gasteiger partial charge in [-0.1, -0.05) is 41.1 Å². The van der Waals surface area contributed by atoms with E-state index in [9.17, 15) is 9.18 Å². The summed E-state index contributed by atoms with van der Waals surface area (Å²) in [4.78, 5) is 16.7. The van der Waals surface area contributed by atoms with Gasteiger partial charge >= 0.3 is 0 Å². The summed E-state index contributed by atoms with van der Waals surface area (Å²) in [6.07, 6.45) is 0. The van der Waals surface area contributed by atoms with Gasteiger partial charge in [0.2, 0.25) is 0 Å². The van der Waals surface area contributed by atoms with Crippen molar-refractivity contribution in [1.82, 2.24) is 4.57 Å². The minimum absolute atomic E-state index is 0.0391. The predicted molar refractivity (Wildman–Crippen MR) is 86.8 cm³/mol. The average Bonchev–Trinajstić information content (AvgIpc) is 2.82. The normalized spacial score (nSPS) is 12.1. The molecule has 112 valence electrons. The zero-order valence-corrected chi connectivity index (χ0v) is 13.5. The Morgan fingerprint density at radius 2 is 2.00 bits per heavy atom. The molecule has 3 nitrogen and oxygen atoms in total. The fourth-order valence-electron chi connectivity index (χ4n) is 2.29. The minimum Gasteiger partial charge on any atom is -0.319 e. The molecule has 6 heteroatoms. The summed E-state index contributed by atoms with van der Waals surface area (Å²) in [5, 5.41) is 0.612. The molecule has 3 aromatic rings. The number of hydrogen-bond acceptors (Lipinski definition) is 2. The molecule has 2 aromatic carbocycles. The average molecular weight is 335 g/mol. The summed E-state index contributed by atoms with van der Waals surface area (Å²) < 4.78 is 16.3. The number of thiazole rings is 1. The standard InChI is InChI=1S/C16H12ClFN2OS/c1-9-7-8-11(17)14-13(9)20(2)16(22-14)19-15(21)10-5-3-4-6-12(10)18/h3-8H,1-2H3. The van der Waals surface area contributed by atoms with E-state index in [1.165, 1.54) is 29.5 Å². The SMILES string of the molecule is Cc1ccc(Cl)c2sc(=NC(=O)c3ccccc3F)n(C)c12. The van der Waals surface area contributed by atoms with Gasteiger partial charge in [0.25, 0.3) is 5.91 Å². The van der Waals surface area contributed by atoms with Crippen LogP contribution >= 0.6 is 22.9 Å². The number of hydrogen-bond donors (Lipinski definition) is 0. The Balaban J connectivity index is 2.21. The van der Waals surface area contributed by atoms with Crippen LogP contribution in [0.4, 0.5) is 4.39 Å². The van der Waals surface area contributed by atoms with Crippen LogP contribution in [0, 0.1) is 12.7 Å². The zero-order chi connectivity index (χ0) is 15.9. The lowest BCUT2D eigenvalue weighted by Gasteiger charge is -2.01. The number of aryl methyl sites for hydroxylation is 2. The first-order chi connectivity index (χ1) is 10.5. The number of nitrogens with zero attached hydrogens (tertiary/aromatic N) is 2. The third kappa shape index (κ3) is 2.46. The molecule has 0 aliphatic carbocycles. The molecular weight excluding hydrogens is 323 g/mol. The molecule has 0 aliphatic heterocycles. The van der Waals surface area contributed by atoms with Gasteiger partial charge in [-0.2, -0.15) is 4.99 Å². The van der Waals surface area contributed by atoms with Gasteiger partial charge in [0, 0.05) is 7.05 Å². The second kappa shape index (κ2) is 5.66. The first kappa shape index (κ1) is 14.9. The van der Waals surface area contributed by atoms with Gasteiger partial charge in [0.15, 0.2) is 4.80 Å². The second-order valence-corrected chi connectivity index (χ2v) is 6.27. The van der Waals surface area contributed by atoms with Crippen LogP contribution in [0.3, 0.4) is 0 Å². The maximum absolute atomic E-state index is 13.7. The molecule has 0 radical (unpaired) electrons. The first-order valence-corrected chi connectivity index (χ1v) is 7.76. The third-order valence-electron chi connectivity index (χ3n) is 3.40. The van der Waals surface area contributed by atoms with E-state index in [1.807, 2.05) is 26.1 Å². The van der Waals surface area contributed by atoms with E-state index in [-0.39, 0.29) is 5.56 Å². The van der Waals surface area contributed by atoms with E-state index in [1.54, 1.807) is 10.6 Å². The molecule has 0 fully saturated rings. The van der Waals surface area contributed by atoms with Crippen molar-refractivity contribution in [3.63, 3.8) is 0 Å². The molecule has 0 bridgehead atoms. The van der Waals surface area contributed by atoms with Gasteiger partial charge in [-0.25, -0.2) is 4.39 Å². The number of carbonyl (C=O) groups is 1. The van der Waals surface area contributed by atoms with Gasteiger partial charge < -0.3 is 4.57 Å². The van der Waals surface area contributed by atoms with Crippen LogP contribution in [-0.4, -0.2) is 10.5 Å². The monoisotopic (exact) mass is 334 g/mol. The van der Waals surface area contributed by atoms with Crippen molar-refractivity contribution in [3.05, 3.63) is 63.2 Å². The highest BCUT2D eigenvalue weighted by molar-refractivity contribution is 7.17. The van der Waals surface area contributed by atoms with Gasteiger partial charge in [-0.15, -0.1) is 0 Å². The van der Waals surface area contributed by atoms with E-state index < -0.39 is 11.7 Å². The number of amides is 1.